The Morgan fingerprint density at radius 1 is 0.875 bits per heavy atom. The van der Waals surface area contributed by atoms with Gasteiger partial charge in [-0.05, 0) is 52.9 Å². The second-order valence-electron chi connectivity index (χ2n) is 10.3. The molecule has 0 aliphatic carbocycles. The van der Waals surface area contributed by atoms with Crippen LogP contribution in [0.1, 0.15) is 124 Å². The first-order chi connectivity index (χ1) is 18.3. The van der Waals surface area contributed by atoms with Gasteiger partial charge >= 0.3 is 5.97 Å². The topological polar surface area (TPSA) is 217 Å². The number of allylic oxidation sites excluding steroid dienone is 2. The fraction of sp³-hybridized carbons (Fsp3) is 0.821. The fourth-order valence-electron chi connectivity index (χ4n) is 3.47. The number of quaternary nitrogens is 2. The largest absolute Gasteiger partial charge is 0.747 e. The van der Waals surface area contributed by atoms with Crippen LogP contribution in [-0.2, 0) is 29.2 Å². The highest BCUT2D eigenvalue weighted by molar-refractivity contribution is 7.87. The number of rotatable bonds is 22. The van der Waals surface area contributed by atoms with E-state index in [9.17, 15) is 32.5 Å². The van der Waals surface area contributed by atoms with Crippen LogP contribution in [0, 0.1) is 0 Å². The average molecular weight is 596 g/mol. The summed E-state index contributed by atoms with van der Waals surface area (Å²) >= 11 is 0. The maximum Gasteiger partial charge on any atom is 0.323 e. The molecule has 1 amide bonds. The van der Waals surface area contributed by atoms with Gasteiger partial charge in [-0.3, -0.25) is 9.59 Å². The second kappa shape index (κ2) is 27.2. The quantitative estimate of drug-likeness (QED) is 0.0729. The molecule has 0 saturated heterocycles. The van der Waals surface area contributed by atoms with Gasteiger partial charge in [-0.15, -0.1) is 0 Å². The first kappa shape index (κ1) is 42.4. The molecule has 12 heteroatoms. The Labute approximate surface area is 242 Å². The monoisotopic (exact) mass is 595 g/mol. The molecule has 2 atom stereocenters. The van der Waals surface area contributed by atoms with Gasteiger partial charge in [-0.2, -0.15) is 0 Å². The van der Waals surface area contributed by atoms with E-state index in [1.54, 1.807) is 0 Å². The molecular formula is C28H57N3O8S. The third-order valence-electron chi connectivity index (χ3n) is 5.53. The third-order valence-corrected chi connectivity index (χ3v) is 6.59. The zero-order valence-corrected chi connectivity index (χ0v) is 26.4. The van der Waals surface area contributed by atoms with Crippen LogP contribution in [0.5, 0.6) is 0 Å². The molecule has 0 aromatic heterocycles. The van der Waals surface area contributed by atoms with Crippen LogP contribution in [-0.4, -0.2) is 54.8 Å². The van der Waals surface area contributed by atoms with Gasteiger partial charge in [0.25, 0.3) is 0 Å². The zero-order valence-electron chi connectivity index (χ0n) is 25.6. The van der Waals surface area contributed by atoms with Crippen molar-refractivity contribution in [1.82, 2.24) is 11.5 Å². The van der Waals surface area contributed by atoms with Crippen LogP contribution in [0.4, 0.5) is 0 Å². The molecule has 0 aromatic rings. The Hall–Kier alpha value is -2.02. The van der Waals surface area contributed by atoms with Crippen LogP contribution in [0.2, 0.25) is 0 Å². The Bertz CT molecular complexity index is 786. The number of hydrogen-bond acceptors (Lipinski definition) is 8. The summed E-state index contributed by atoms with van der Waals surface area (Å²) in [5.41, 5.74) is 3.64. The highest BCUT2D eigenvalue weighted by Crippen LogP contribution is 2.11. The number of esters is 1. The zero-order chi connectivity index (χ0) is 30.1. The predicted octanol–water partition coefficient (Wildman–Crippen LogP) is 3.14. The van der Waals surface area contributed by atoms with E-state index in [-0.39, 0.29) is 18.6 Å². The predicted molar refractivity (Wildman–Crippen MR) is 155 cm³/mol. The number of amides is 1. The van der Waals surface area contributed by atoms with E-state index in [1.165, 1.54) is 45.4 Å². The lowest BCUT2D eigenvalue weighted by Gasteiger charge is -2.22. The van der Waals surface area contributed by atoms with Crippen molar-refractivity contribution in [2.45, 2.75) is 141 Å². The van der Waals surface area contributed by atoms with E-state index in [0.717, 1.165) is 44.9 Å². The molecule has 40 heavy (non-hydrogen) atoms. The second-order valence-corrected chi connectivity index (χ2v) is 11.9. The van der Waals surface area contributed by atoms with E-state index in [1.807, 2.05) is 0 Å². The molecule has 0 aliphatic rings. The Balaban J connectivity index is -0.00000255. The summed E-state index contributed by atoms with van der Waals surface area (Å²) < 4.78 is 38.0. The van der Waals surface area contributed by atoms with E-state index in [4.69, 9.17) is 4.74 Å². The maximum atomic E-state index is 11.9. The van der Waals surface area contributed by atoms with Gasteiger partial charge in [0.15, 0.2) is 5.25 Å². The summed E-state index contributed by atoms with van der Waals surface area (Å²) in [7, 11) is -5.21. The molecule has 8 N–H and O–H groups in total. The molecule has 0 heterocycles. The van der Waals surface area contributed by atoms with Crippen LogP contribution in [0.3, 0.4) is 0 Å². The lowest BCUT2D eigenvalue weighted by molar-refractivity contribution is -0.407. The number of carbonyl (C=O) groups is 3. The summed E-state index contributed by atoms with van der Waals surface area (Å²) in [6, 6.07) is 0.583. The number of nitrogens with one attached hydrogen (secondary N) is 1. The number of ether oxygens (including phenoxy) is 1. The van der Waals surface area contributed by atoms with Gasteiger partial charge < -0.3 is 36.4 Å². The van der Waals surface area contributed by atoms with Crippen LogP contribution in [0.15, 0.2) is 12.2 Å². The number of carboxylic acid groups (broad SMARTS) is 1. The molecule has 0 bridgehead atoms. The van der Waals surface area contributed by atoms with E-state index in [2.05, 4.69) is 44.0 Å². The summed E-state index contributed by atoms with van der Waals surface area (Å²) in [6.45, 7) is 7.66. The molecular weight excluding hydrogens is 538 g/mol. The number of carboxylic acids is 1. The van der Waals surface area contributed by atoms with Gasteiger partial charge in [-0.25, -0.2) is 8.42 Å². The minimum atomic E-state index is -5.21. The first-order valence-corrected chi connectivity index (χ1v) is 15.9. The normalized spacial score (nSPS) is 12.7. The van der Waals surface area contributed by atoms with Crippen LogP contribution >= 0.6 is 0 Å². The number of aliphatic carboxylic acids is 1. The van der Waals surface area contributed by atoms with Crippen molar-refractivity contribution in [3.05, 3.63) is 12.2 Å². The van der Waals surface area contributed by atoms with Crippen molar-refractivity contribution in [2.24, 2.45) is 0 Å². The van der Waals surface area contributed by atoms with E-state index in [0.29, 0.717) is 12.5 Å². The highest BCUT2D eigenvalue weighted by atomic mass is 32.2. The molecule has 11 nitrogen and oxygen atoms in total. The first-order valence-electron chi connectivity index (χ1n) is 14.4. The van der Waals surface area contributed by atoms with Gasteiger partial charge in [0.1, 0.15) is 16.2 Å². The molecule has 2 unspecified atom stereocenters. The summed E-state index contributed by atoms with van der Waals surface area (Å²) in [5.74, 6) is -3.55. The molecule has 238 valence electrons. The van der Waals surface area contributed by atoms with Crippen molar-refractivity contribution in [3.8, 4) is 0 Å². The number of unbranched alkanes of at least 4 members (excludes halogenated alkanes) is 11. The van der Waals surface area contributed by atoms with Crippen molar-refractivity contribution in [1.29, 1.82) is 0 Å². The van der Waals surface area contributed by atoms with Crippen molar-refractivity contribution >= 4 is 28.0 Å². The molecule has 0 fully saturated rings. The summed E-state index contributed by atoms with van der Waals surface area (Å²) in [6.07, 6.45) is 17.8. The smallest absolute Gasteiger partial charge is 0.323 e. The van der Waals surface area contributed by atoms with Gasteiger partial charge in [0.2, 0.25) is 5.91 Å². The summed E-state index contributed by atoms with van der Waals surface area (Å²) in [4.78, 5) is 34.3. The van der Waals surface area contributed by atoms with Crippen LogP contribution in [0.25, 0.3) is 0 Å². The third kappa shape index (κ3) is 30.5. The standard InChI is InChI=1S/C25H45NO8S.C3H9N.H3N/c1-3-4-5-6-7-8-9-10-11-12-13-14-15-16-17-18-23(27)26-20-21(2)34-25(30)22(19-24(28)29)35(31,32)33;1-3(2)4;/h10-11,21-22H,3-9,12-20H2,1-2H3,(H,26,27)(H,28,29)(H,31,32,33);3H,4H2,1-2H3;1H3. The molecule has 0 spiro atoms. The maximum absolute atomic E-state index is 11.9. The number of carbonyl (C=O) groups excluding carboxylic acids is 3. The van der Waals surface area contributed by atoms with Crippen molar-refractivity contribution in [2.75, 3.05) is 6.54 Å². The molecule has 0 rings (SSSR count). The highest BCUT2D eigenvalue weighted by Gasteiger charge is 2.28. The van der Waals surface area contributed by atoms with E-state index >= 15 is 0 Å². The van der Waals surface area contributed by atoms with Gasteiger partial charge in [-0.1, -0.05) is 70.4 Å². The molecule has 0 aromatic carbocycles. The van der Waals surface area contributed by atoms with Gasteiger partial charge in [0.05, 0.1) is 12.6 Å². The van der Waals surface area contributed by atoms with E-state index < -0.39 is 39.8 Å². The van der Waals surface area contributed by atoms with Crippen LogP contribution < -0.4 is 22.3 Å². The molecule has 0 saturated carbocycles. The Kier molecular flexibility index (Phi) is 28.8. The number of hydrogen-bond donors (Lipinski definition) is 3. The molecule has 0 aliphatic heterocycles. The average Bonchev–Trinajstić information content (AvgIpc) is 2.82. The van der Waals surface area contributed by atoms with Gasteiger partial charge in [0, 0.05) is 18.8 Å². The minimum absolute atomic E-state index is 0. The molecule has 0 radical (unpaired) electrons. The Morgan fingerprint density at radius 2 is 1.32 bits per heavy atom. The fourth-order valence-corrected chi connectivity index (χ4v) is 4.10. The van der Waals surface area contributed by atoms with Crippen molar-refractivity contribution in [3.63, 3.8) is 0 Å². The Morgan fingerprint density at radius 3 is 1.77 bits per heavy atom. The lowest BCUT2D eigenvalue weighted by Crippen LogP contribution is -2.57. The lowest BCUT2D eigenvalue weighted by atomic mass is 10.1. The SMILES string of the molecule is CC(C)[NH3+].CCCCCCCCC=CCCCCCCCC(=O)NCC(C)OC(=O)C(CC(=O)[O-])S(=O)(=O)[O-].[NH4+]. The van der Waals surface area contributed by atoms with Crippen molar-refractivity contribution < 1.29 is 42.9 Å². The summed E-state index contributed by atoms with van der Waals surface area (Å²) in [5, 5.41) is 10.8. The minimum Gasteiger partial charge on any atom is -0.747 e.